The van der Waals surface area contributed by atoms with Gasteiger partial charge in [0.05, 0.1) is 6.17 Å². The smallest absolute Gasteiger partial charge is 0.0939 e. The van der Waals surface area contributed by atoms with E-state index in [-0.39, 0.29) is 6.17 Å². The van der Waals surface area contributed by atoms with Crippen LogP contribution in [0.3, 0.4) is 0 Å². The molecule has 7 heavy (non-hydrogen) atoms. The summed E-state index contributed by atoms with van der Waals surface area (Å²) in [6.07, 6.45) is -0.0370. The molecular weight excluding hydrogens is 88.1 g/mol. The summed E-state index contributed by atoms with van der Waals surface area (Å²) in [6.45, 7) is 5.72. The molecule has 0 aromatic heterocycles. The van der Waals surface area contributed by atoms with Crippen LogP contribution in [0, 0.1) is 0 Å². The molecule has 0 spiro atoms. The molecule has 2 nitrogen and oxygen atoms in total. The highest BCUT2D eigenvalue weighted by Crippen LogP contribution is 1.78. The minimum Gasteiger partial charge on any atom is -0.310 e. The van der Waals surface area contributed by atoms with Crippen LogP contribution in [0.25, 0.3) is 0 Å². The lowest BCUT2D eigenvalue weighted by atomic mass is 10.5. The van der Waals surface area contributed by atoms with E-state index in [1.54, 1.807) is 0 Å². The Bertz CT molecular complexity index is 70.1. The quantitative estimate of drug-likeness (QED) is 0.486. The monoisotopic (exact) mass is 100 g/mol. The van der Waals surface area contributed by atoms with Gasteiger partial charge in [-0.1, -0.05) is 0 Å². The van der Waals surface area contributed by atoms with Crippen LogP contribution >= 0.6 is 0 Å². The lowest BCUT2D eigenvalue weighted by Gasteiger charge is -1.94. The standard InChI is InChI=1S/C5H12N2/c1-4(2)7-5(3)6/h5H,6H2,1-3H3. The molecule has 0 rings (SSSR count). The van der Waals surface area contributed by atoms with Gasteiger partial charge in [-0.05, 0) is 20.8 Å². The Morgan fingerprint density at radius 3 is 2.00 bits per heavy atom. The van der Waals surface area contributed by atoms with Gasteiger partial charge in [0.2, 0.25) is 0 Å². The maximum Gasteiger partial charge on any atom is 0.0939 e. The van der Waals surface area contributed by atoms with Crippen LogP contribution in [0.4, 0.5) is 0 Å². The molecule has 42 valence electrons. The molecule has 2 heteroatoms. The fourth-order valence-electron chi connectivity index (χ4n) is 0.407. The van der Waals surface area contributed by atoms with Crippen LogP contribution in [0.1, 0.15) is 20.8 Å². The molecule has 0 radical (unpaired) electrons. The maximum atomic E-state index is 5.31. The molecular formula is C5H12N2. The van der Waals surface area contributed by atoms with Crippen LogP contribution in [-0.2, 0) is 0 Å². The Hall–Kier alpha value is -0.370. The average molecular weight is 100 g/mol. The first kappa shape index (κ1) is 6.63. The first-order valence-electron chi connectivity index (χ1n) is 2.39. The van der Waals surface area contributed by atoms with Gasteiger partial charge in [0, 0.05) is 5.71 Å². The molecule has 1 unspecified atom stereocenters. The number of rotatable bonds is 1. The minimum absolute atomic E-state index is 0.0370. The van der Waals surface area contributed by atoms with Crippen LogP contribution in [0.15, 0.2) is 4.99 Å². The third-order valence-electron chi connectivity index (χ3n) is 0.462. The van der Waals surface area contributed by atoms with Gasteiger partial charge in [0.25, 0.3) is 0 Å². The van der Waals surface area contributed by atoms with Gasteiger partial charge < -0.3 is 5.73 Å². The maximum absolute atomic E-state index is 5.31. The third-order valence-corrected chi connectivity index (χ3v) is 0.462. The van der Waals surface area contributed by atoms with Crippen molar-refractivity contribution in [1.29, 1.82) is 0 Å². The van der Waals surface area contributed by atoms with E-state index in [2.05, 4.69) is 4.99 Å². The Balaban J connectivity index is 3.45. The second-order valence-corrected chi connectivity index (χ2v) is 1.82. The molecule has 0 aliphatic carbocycles. The minimum atomic E-state index is -0.0370. The Morgan fingerprint density at radius 2 is 2.00 bits per heavy atom. The number of nitrogens with zero attached hydrogens (tertiary/aromatic N) is 1. The van der Waals surface area contributed by atoms with E-state index in [9.17, 15) is 0 Å². The van der Waals surface area contributed by atoms with Crippen LogP contribution in [0.5, 0.6) is 0 Å². The van der Waals surface area contributed by atoms with Gasteiger partial charge in [-0.3, -0.25) is 4.99 Å². The van der Waals surface area contributed by atoms with Crippen LogP contribution < -0.4 is 5.73 Å². The average Bonchev–Trinajstić information content (AvgIpc) is 1.27. The fourth-order valence-corrected chi connectivity index (χ4v) is 0.407. The van der Waals surface area contributed by atoms with Crippen molar-refractivity contribution in [3.63, 3.8) is 0 Å². The summed E-state index contributed by atoms with van der Waals surface area (Å²) in [7, 11) is 0. The zero-order valence-electron chi connectivity index (χ0n) is 5.10. The third kappa shape index (κ3) is 5.63. The van der Waals surface area contributed by atoms with E-state index in [0.717, 1.165) is 5.71 Å². The summed E-state index contributed by atoms with van der Waals surface area (Å²) < 4.78 is 0. The van der Waals surface area contributed by atoms with Gasteiger partial charge in [-0.15, -0.1) is 0 Å². The summed E-state index contributed by atoms with van der Waals surface area (Å²) >= 11 is 0. The van der Waals surface area contributed by atoms with Gasteiger partial charge in [0.1, 0.15) is 0 Å². The van der Waals surface area contributed by atoms with Crippen molar-refractivity contribution in [2.45, 2.75) is 26.9 Å². The van der Waals surface area contributed by atoms with Crippen molar-refractivity contribution < 1.29 is 0 Å². The molecule has 0 aromatic carbocycles. The van der Waals surface area contributed by atoms with Gasteiger partial charge in [-0.25, -0.2) is 0 Å². The van der Waals surface area contributed by atoms with Crippen molar-refractivity contribution in [1.82, 2.24) is 0 Å². The van der Waals surface area contributed by atoms with E-state index < -0.39 is 0 Å². The first-order chi connectivity index (χ1) is 3.13. The zero-order valence-corrected chi connectivity index (χ0v) is 5.10. The van der Waals surface area contributed by atoms with Crippen molar-refractivity contribution in [2.24, 2.45) is 10.7 Å². The Kier molecular flexibility index (Phi) is 2.60. The second kappa shape index (κ2) is 2.75. The van der Waals surface area contributed by atoms with E-state index in [4.69, 9.17) is 5.73 Å². The SMILES string of the molecule is CC(C)=NC(C)N. The van der Waals surface area contributed by atoms with Gasteiger partial charge in [0.15, 0.2) is 0 Å². The number of hydrogen-bond acceptors (Lipinski definition) is 2. The highest BCUT2D eigenvalue weighted by Gasteiger charge is 1.82. The second-order valence-electron chi connectivity index (χ2n) is 1.82. The molecule has 0 bridgehead atoms. The summed E-state index contributed by atoms with van der Waals surface area (Å²) in [6, 6.07) is 0. The van der Waals surface area contributed by atoms with Crippen LogP contribution in [0.2, 0.25) is 0 Å². The highest BCUT2D eigenvalue weighted by molar-refractivity contribution is 5.79. The molecule has 0 fully saturated rings. The predicted octanol–water partition coefficient (Wildman–Crippen LogP) is 0.772. The normalized spacial score (nSPS) is 13.1. The number of nitrogens with two attached hydrogens (primary N) is 1. The summed E-state index contributed by atoms with van der Waals surface area (Å²) in [5.41, 5.74) is 6.34. The lowest BCUT2D eigenvalue weighted by molar-refractivity contribution is 0.791. The molecule has 0 aromatic rings. The molecule has 0 amide bonds. The number of hydrogen-bond donors (Lipinski definition) is 1. The molecule has 0 saturated heterocycles. The topological polar surface area (TPSA) is 38.4 Å². The largest absolute Gasteiger partial charge is 0.310 e. The highest BCUT2D eigenvalue weighted by atomic mass is 14.9. The Labute approximate surface area is 44.4 Å². The number of aliphatic imine (C=N–C) groups is 1. The zero-order chi connectivity index (χ0) is 5.86. The Morgan fingerprint density at radius 1 is 1.57 bits per heavy atom. The van der Waals surface area contributed by atoms with Crippen molar-refractivity contribution in [3.05, 3.63) is 0 Å². The molecule has 0 aliphatic rings. The summed E-state index contributed by atoms with van der Waals surface area (Å²) in [4.78, 5) is 3.97. The van der Waals surface area contributed by atoms with Crippen molar-refractivity contribution in [2.75, 3.05) is 0 Å². The van der Waals surface area contributed by atoms with Crippen LogP contribution in [-0.4, -0.2) is 11.9 Å². The molecule has 1 atom stereocenters. The van der Waals surface area contributed by atoms with Crippen molar-refractivity contribution >= 4 is 5.71 Å². The molecule has 0 heterocycles. The van der Waals surface area contributed by atoms with E-state index in [1.165, 1.54) is 0 Å². The van der Waals surface area contributed by atoms with E-state index in [1.807, 2.05) is 20.8 Å². The molecule has 0 aliphatic heterocycles. The predicted molar refractivity (Wildman–Crippen MR) is 32.4 cm³/mol. The van der Waals surface area contributed by atoms with Crippen molar-refractivity contribution in [3.8, 4) is 0 Å². The summed E-state index contributed by atoms with van der Waals surface area (Å²) in [5.74, 6) is 0. The first-order valence-corrected chi connectivity index (χ1v) is 2.39. The molecule has 0 saturated carbocycles. The van der Waals surface area contributed by atoms with E-state index >= 15 is 0 Å². The fraction of sp³-hybridized carbons (Fsp3) is 0.800. The van der Waals surface area contributed by atoms with Gasteiger partial charge >= 0.3 is 0 Å². The molecule has 2 N–H and O–H groups in total. The lowest BCUT2D eigenvalue weighted by Crippen LogP contribution is -2.12. The summed E-state index contributed by atoms with van der Waals surface area (Å²) in [5, 5.41) is 0. The van der Waals surface area contributed by atoms with Gasteiger partial charge in [-0.2, -0.15) is 0 Å². The van der Waals surface area contributed by atoms with E-state index in [0.29, 0.717) is 0 Å².